The Bertz CT molecular complexity index is 379. The minimum absolute atomic E-state index is 0.487. The fourth-order valence-electron chi connectivity index (χ4n) is 1.91. The second-order valence-electron chi connectivity index (χ2n) is 5.49. The van der Waals surface area contributed by atoms with Gasteiger partial charge in [0.25, 0.3) is 0 Å². The average Bonchev–Trinajstić information content (AvgIpc) is 2.36. The molecule has 0 aliphatic heterocycles. The largest absolute Gasteiger partial charge is 0.493 e. The molecule has 0 bridgehead atoms. The van der Waals surface area contributed by atoms with Crippen LogP contribution in [0, 0.1) is 5.92 Å². The molecule has 0 amide bonds. The van der Waals surface area contributed by atoms with Gasteiger partial charge in [-0.25, -0.2) is 0 Å². The topological polar surface area (TPSA) is 21.3 Å². The highest BCUT2D eigenvalue weighted by Crippen LogP contribution is 2.23. The summed E-state index contributed by atoms with van der Waals surface area (Å²) in [6.07, 6.45) is 2.44. The van der Waals surface area contributed by atoms with Crippen molar-refractivity contribution in [1.29, 1.82) is 0 Å². The summed E-state index contributed by atoms with van der Waals surface area (Å²) in [5.41, 5.74) is 1.24. The van der Waals surface area contributed by atoms with Crippen LogP contribution in [0.25, 0.3) is 0 Å². The van der Waals surface area contributed by atoms with E-state index in [2.05, 4.69) is 61.1 Å². The second-order valence-corrected chi connectivity index (χ2v) is 6.35. The van der Waals surface area contributed by atoms with Crippen molar-refractivity contribution in [3.8, 4) is 5.75 Å². The van der Waals surface area contributed by atoms with Crippen molar-refractivity contribution in [3.05, 3.63) is 28.2 Å². The summed E-state index contributed by atoms with van der Waals surface area (Å²) in [6.45, 7) is 10.4. The standard InChI is InChI=1S/C16H26BrNO/c1-5-6-13(4)11-19-15-7-8-16(17)14(9-15)10-18-12(2)3/h7-9,12-13,18H,5-6,10-11H2,1-4H3. The fraction of sp³-hybridized carbons (Fsp3) is 0.625. The molecule has 1 aromatic carbocycles. The number of rotatable bonds is 8. The smallest absolute Gasteiger partial charge is 0.119 e. The summed E-state index contributed by atoms with van der Waals surface area (Å²) < 4.78 is 7.01. The molecule has 0 aliphatic rings. The van der Waals surface area contributed by atoms with Gasteiger partial charge in [0.1, 0.15) is 5.75 Å². The number of hydrogen-bond donors (Lipinski definition) is 1. The maximum atomic E-state index is 5.87. The van der Waals surface area contributed by atoms with Gasteiger partial charge < -0.3 is 10.1 Å². The molecule has 0 radical (unpaired) electrons. The first-order valence-corrected chi connectivity index (χ1v) is 7.96. The fourth-order valence-corrected chi connectivity index (χ4v) is 2.29. The number of hydrogen-bond acceptors (Lipinski definition) is 2. The molecule has 0 spiro atoms. The van der Waals surface area contributed by atoms with Crippen LogP contribution in [0.3, 0.4) is 0 Å². The Hall–Kier alpha value is -0.540. The number of ether oxygens (including phenoxy) is 1. The molecule has 0 aromatic heterocycles. The Morgan fingerprint density at radius 2 is 2.00 bits per heavy atom. The van der Waals surface area contributed by atoms with E-state index in [1.54, 1.807) is 0 Å². The highest BCUT2D eigenvalue weighted by atomic mass is 79.9. The van der Waals surface area contributed by atoms with Crippen LogP contribution >= 0.6 is 15.9 Å². The zero-order valence-electron chi connectivity index (χ0n) is 12.5. The Labute approximate surface area is 126 Å². The van der Waals surface area contributed by atoms with Crippen LogP contribution in [-0.4, -0.2) is 12.6 Å². The molecule has 1 rings (SSSR count). The normalized spacial score (nSPS) is 12.7. The lowest BCUT2D eigenvalue weighted by Crippen LogP contribution is -2.22. The van der Waals surface area contributed by atoms with Gasteiger partial charge in [0.15, 0.2) is 0 Å². The summed E-state index contributed by atoms with van der Waals surface area (Å²) in [5.74, 6) is 1.58. The molecule has 1 N–H and O–H groups in total. The van der Waals surface area contributed by atoms with Crippen molar-refractivity contribution in [2.45, 2.75) is 53.1 Å². The molecule has 19 heavy (non-hydrogen) atoms. The molecule has 3 heteroatoms. The van der Waals surface area contributed by atoms with E-state index in [1.165, 1.54) is 18.4 Å². The van der Waals surface area contributed by atoms with E-state index in [4.69, 9.17) is 4.74 Å². The Kier molecular flexibility index (Phi) is 7.47. The van der Waals surface area contributed by atoms with Crippen LogP contribution in [0.1, 0.15) is 46.1 Å². The van der Waals surface area contributed by atoms with Gasteiger partial charge in [-0.15, -0.1) is 0 Å². The van der Waals surface area contributed by atoms with E-state index in [-0.39, 0.29) is 0 Å². The van der Waals surface area contributed by atoms with Crippen LogP contribution in [0.5, 0.6) is 5.75 Å². The third-order valence-corrected chi connectivity index (χ3v) is 3.81. The minimum Gasteiger partial charge on any atom is -0.493 e. The van der Waals surface area contributed by atoms with Gasteiger partial charge in [0.05, 0.1) is 6.61 Å². The zero-order valence-corrected chi connectivity index (χ0v) is 14.1. The molecule has 1 aromatic rings. The summed E-state index contributed by atoms with van der Waals surface area (Å²) in [5, 5.41) is 3.43. The third kappa shape index (κ3) is 6.44. The van der Waals surface area contributed by atoms with Gasteiger partial charge in [-0.2, -0.15) is 0 Å². The first-order valence-electron chi connectivity index (χ1n) is 7.17. The van der Waals surface area contributed by atoms with E-state index < -0.39 is 0 Å². The second kappa shape index (κ2) is 8.60. The van der Waals surface area contributed by atoms with E-state index in [9.17, 15) is 0 Å². The predicted molar refractivity (Wildman–Crippen MR) is 85.7 cm³/mol. The minimum atomic E-state index is 0.487. The maximum Gasteiger partial charge on any atom is 0.119 e. The molecule has 108 valence electrons. The molecule has 0 saturated carbocycles. The van der Waals surface area contributed by atoms with Crippen LogP contribution in [-0.2, 0) is 6.54 Å². The Morgan fingerprint density at radius 1 is 1.26 bits per heavy atom. The first kappa shape index (κ1) is 16.5. The monoisotopic (exact) mass is 327 g/mol. The maximum absolute atomic E-state index is 5.87. The average molecular weight is 328 g/mol. The van der Waals surface area contributed by atoms with Crippen molar-refractivity contribution < 1.29 is 4.74 Å². The van der Waals surface area contributed by atoms with Gasteiger partial charge >= 0.3 is 0 Å². The summed E-state index contributed by atoms with van der Waals surface area (Å²) in [4.78, 5) is 0. The van der Waals surface area contributed by atoms with E-state index in [0.717, 1.165) is 23.4 Å². The molecule has 0 aliphatic carbocycles. The third-order valence-electron chi connectivity index (χ3n) is 3.03. The van der Waals surface area contributed by atoms with Crippen LogP contribution in [0.15, 0.2) is 22.7 Å². The lowest BCUT2D eigenvalue weighted by Gasteiger charge is -2.14. The van der Waals surface area contributed by atoms with Gasteiger partial charge in [-0.3, -0.25) is 0 Å². The molecule has 0 heterocycles. The van der Waals surface area contributed by atoms with Gasteiger partial charge in [0.2, 0.25) is 0 Å². The zero-order chi connectivity index (χ0) is 14.3. The molecule has 0 fully saturated rings. The SMILES string of the molecule is CCCC(C)COc1ccc(Br)c(CNC(C)C)c1. The van der Waals surface area contributed by atoms with Crippen LogP contribution in [0.2, 0.25) is 0 Å². The van der Waals surface area contributed by atoms with Gasteiger partial charge in [-0.1, -0.05) is 50.0 Å². The van der Waals surface area contributed by atoms with Crippen LogP contribution < -0.4 is 10.1 Å². The van der Waals surface area contributed by atoms with Crippen molar-refractivity contribution in [1.82, 2.24) is 5.32 Å². The molecule has 0 saturated heterocycles. The number of nitrogens with one attached hydrogen (secondary N) is 1. The highest BCUT2D eigenvalue weighted by Gasteiger charge is 2.06. The molecular weight excluding hydrogens is 302 g/mol. The van der Waals surface area contributed by atoms with Crippen LogP contribution in [0.4, 0.5) is 0 Å². The molecule has 1 unspecified atom stereocenters. The number of halogens is 1. The van der Waals surface area contributed by atoms with Crippen molar-refractivity contribution in [2.24, 2.45) is 5.92 Å². The van der Waals surface area contributed by atoms with Crippen molar-refractivity contribution in [2.75, 3.05) is 6.61 Å². The van der Waals surface area contributed by atoms with Gasteiger partial charge in [0, 0.05) is 17.1 Å². The lowest BCUT2D eigenvalue weighted by molar-refractivity contribution is 0.251. The molecular formula is C16H26BrNO. The Morgan fingerprint density at radius 3 is 2.63 bits per heavy atom. The predicted octanol–water partition coefficient (Wildman–Crippen LogP) is 4.76. The molecule has 2 nitrogen and oxygen atoms in total. The quantitative estimate of drug-likeness (QED) is 0.743. The summed E-state index contributed by atoms with van der Waals surface area (Å²) in [7, 11) is 0. The summed E-state index contributed by atoms with van der Waals surface area (Å²) >= 11 is 3.59. The molecule has 1 atom stereocenters. The van der Waals surface area contributed by atoms with E-state index in [0.29, 0.717) is 12.0 Å². The van der Waals surface area contributed by atoms with Gasteiger partial charge in [-0.05, 0) is 36.1 Å². The first-order chi connectivity index (χ1) is 9.02. The van der Waals surface area contributed by atoms with Crippen molar-refractivity contribution in [3.63, 3.8) is 0 Å². The van der Waals surface area contributed by atoms with Crippen molar-refractivity contribution >= 4 is 15.9 Å². The lowest BCUT2D eigenvalue weighted by atomic mass is 10.1. The Balaban J connectivity index is 2.57. The highest BCUT2D eigenvalue weighted by molar-refractivity contribution is 9.10. The van der Waals surface area contributed by atoms with E-state index >= 15 is 0 Å². The number of benzene rings is 1. The summed E-state index contributed by atoms with van der Waals surface area (Å²) in [6, 6.07) is 6.71. The van der Waals surface area contributed by atoms with E-state index in [1.807, 2.05) is 6.07 Å².